The molecular formula is C17H28N2O. The molecule has 3 heteroatoms. The van der Waals surface area contributed by atoms with Gasteiger partial charge in [0, 0.05) is 23.8 Å². The van der Waals surface area contributed by atoms with Gasteiger partial charge in [-0.3, -0.25) is 0 Å². The highest BCUT2D eigenvalue weighted by Crippen LogP contribution is 2.31. The summed E-state index contributed by atoms with van der Waals surface area (Å²) in [5.74, 6) is 0. The Kier molecular flexibility index (Phi) is 5.06. The van der Waals surface area contributed by atoms with Crippen LogP contribution in [0.15, 0.2) is 24.3 Å². The molecule has 2 rings (SSSR count). The van der Waals surface area contributed by atoms with Crippen molar-refractivity contribution < 1.29 is 5.11 Å². The number of anilines is 1. The third kappa shape index (κ3) is 3.33. The number of fused-ring (bicyclic) bond motifs is 1. The van der Waals surface area contributed by atoms with Crippen LogP contribution in [0.2, 0.25) is 0 Å². The molecule has 0 aromatic heterocycles. The van der Waals surface area contributed by atoms with Gasteiger partial charge in [-0.05, 0) is 51.3 Å². The van der Waals surface area contributed by atoms with Gasteiger partial charge >= 0.3 is 0 Å². The number of benzene rings is 1. The molecular weight excluding hydrogens is 248 g/mol. The molecule has 0 saturated heterocycles. The largest absolute Gasteiger partial charge is 0.394 e. The average molecular weight is 276 g/mol. The predicted molar refractivity (Wildman–Crippen MR) is 85.4 cm³/mol. The van der Waals surface area contributed by atoms with Crippen molar-refractivity contribution in [1.82, 2.24) is 5.32 Å². The highest BCUT2D eigenvalue weighted by Gasteiger charge is 2.27. The molecule has 2 N–H and O–H groups in total. The Morgan fingerprint density at radius 3 is 2.85 bits per heavy atom. The summed E-state index contributed by atoms with van der Waals surface area (Å²) in [6, 6.07) is 9.30. The lowest BCUT2D eigenvalue weighted by molar-refractivity contribution is 0.168. The highest BCUT2D eigenvalue weighted by atomic mass is 16.3. The fourth-order valence-corrected chi connectivity index (χ4v) is 3.12. The summed E-state index contributed by atoms with van der Waals surface area (Å²) < 4.78 is 0. The third-order valence-electron chi connectivity index (χ3n) is 4.52. The maximum Gasteiger partial charge on any atom is 0.0611 e. The number of aryl methyl sites for hydroxylation is 1. The van der Waals surface area contributed by atoms with Gasteiger partial charge in [0.2, 0.25) is 0 Å². The molecule has 1 aliphatic rings. The molecule has 1 aromatic rings. The Bertz CT molecular complexity index is 435. The number of aliphatic hydroxyl groups excluding tert-OH is 1. The molecule has 0 amide bonds. The van der Waals surface area contributed by atoms with Crippen molar-refractivity contribution in [3.8, 4) is 0 Å². The fourth-order valence-electron chi connectivity index (χ4n) is 3.12. The Hall–Kier alpha value is -1.06. The van der Waals surface area contributed by atoms with Crippen LogP contribution >= 0.6 is 0 Å². The van der Waals surface area contributed by atoms with E-state index in [0.29, 0.717) is 6.04 Å². The predicted octanol–water partition coefficient (Wildman–Crippen LogP) is 2.58. The third-order valence-corrected chi connectivity index (χ3v) is 4.52. The Morgan fingerprint density at radius 1 is 1.40 bits per heavy atom. The van der Waals surface area contributed by atoms with Gasteiger partial charge in [-0.2, -0.15) is 0 Å². The average Bonchev–Trinajstić information content (AvgIpc) is 2.46. The molecule has 0 fully saturated rings. The minimum Gasteiger partial charge on any atom is -0.394 e. The maximum atomic E-state index is 9.63. The van der Waals surface area contributed by atoms with E-state index in [9.17, 15) is 5.11 Å². The van der Waals surface area contributed by atoms with Gasteiger partial charge in [0.05, 0.1) is 6.61 Å². The van der Waals surface area contributed by atoms with Gasteiger partial charge in [-0.1, -0.05) is 25.1 Å². The fraction of sp³-hybridized carbons (Fsp3) is 0.647. The van der Waals surface area contributed by atoms with Gasteiger partial charge < -0.3 is 15.3 Å². The first kappa shape index (κ1) is 15.3. The minimum absolute atomic E-state index is 0.180. The van der Waals surface area contributed by atoms with Crippen molar-refractivity contribution in [1.29, 1.82) is 0 Å². The smallest absolute Gasteiger partial charge is 0.0611 e. The van der Waals surface area contributed by atoms with E-state index in [1.807, 2.05) is 0 Å². The van der Waals surface area contributed by atoms with Crippen LogP contribution in [0.3, 0.4) is 0 Å². The molecule has 1 aliphatic heterocycles. The van der Waals surface area contributed by atoms with E-state index in [-0.39, 0.29) is 12.1 Å². The number of likely N-dealkylation sites (N-methyl/N-ethyl adjacent to an activating group) is 1. The molecule has 0 radical (unpaired) electrons. The van der Waals surface area contributed by atoms with Crippen molar-refractivity contribution in [2.75, 3.05) is 24.6 Å². The highest BCUT2D eigenvalue weighted by molar-refractivity contribution is 5.56. The molecule has 2 atom stereocenters. The van der Waals surface area contributed by atoms with Crippen molar-refractivity contribution >= 4 is 5.69 Å². The molecule has 3 nitrogen and oxygen atoms in total. The second kappa shape index (κ2) is 6.59. The SMILES string of the molecule is CCNC(C)(CO)CCN1c2ccccc2CCC1C. The van der Waals surface area contributed by atoms with Gasteiger partial charge in [-0.15, -0.1) is 0 Å². The lowest BCUT2D eigenvalue weighted by Gasteiger charge is -2.39. The van der Waals surface area contributed by atoms with Crippen LogP contribution in [-0.2, 0) is 6.42 Å². The van der Waals surface area contributed by atoms with E-state index in [1.165, 1.54) is 24.1 Å². The van der Waals surface area contributed by atoms with Gasteiger partial charge in [0.15, 0.2) is 0 Å². The molecule has 0 aliphatic carbocycles. The number of nitrogens with one attached hydrogen (secondary N) is 1. The monoisotopic (exact) mass is 276 g/mol. The summed E-state index contributed by atoms with van der Waals surface area (Å²) >= 11 is 0. The molecule has 2 unspecified atom stereocenters. The lowest BCUT2D eigenvalue weighted by Crippen LogP contribution is -2.49. The Balaban J connectivity index is 2.09. The summed E-state index contributed by atoms with van der Waals surface area (Å²) in [5.41, 5.74) is 2.66. The number of hydrogen-bond donors (Lipinski definition) is 2. The first-order valence-corrected chi connectivity index (χ1v) is 7.80. The van der Waals surface area contributed by atoms with Gasteiger partial charge in [0.1, 0.15) is 0 Å². The van der Waals surface area contributed by atoms with Crippen molar-refractivity contribution in [2.24, 2.45) is 0 Å². The Morgan fingerprint density at radius 2 is 2.15 bits per heavy atom. The number of aliphatic hydroxyl groups is 1. The molecule has 0 bridgehead atoms. The van der Waals surface area contributed by atoms with Crippen LogP contribution < -0.4 is 10.2 Å². The summed E-state index contributed by atoms with van der Waals surface area (Å²) in [4.78, 5) is 2.50. The van der Waals surface area contributed by atoms with Crippen LogP contribution in [0.25, 0.3) is 0 Å². The number of hydrogen-bond acceptors (Lipinski definition) is 3. The second-order valence-electron chi connectivity index (χ2n) is 6.21. The number of nitrogens with zero attached hydrogens (tertiary/aromatic N) is 1. The van der Waals surface area contributed by atoms with Crippen LogP contribution in [0.1, 0.15) is 39.2 Å². The molecule has 0 spiro atoms. The second-order valence-corrected chi connectivity index (χ2v) is 6.21. The van der Waals surface area contributed by atoms with Crippen LogP contribution in [-0.4, -0.2) is 36.4 Å². The normalized spacial score (nSPS) is 21.4. The number of para-hydroxylation sites is 1. The minimum atomic E-state index is -0.180. The first-order valence-electron chi connectivity index (χ1n) is 7.80. The molecule has 1 aromatic carbocycles. The molecule has 1 heterocycles. The number of rotatable bonds is 6. The molecule has 20 heavy (non-hydrogen) atoms. The van der Waals surface area contributed by atoms with Crippen molar-refractivity contribution in [3.05, 3.63) is 29.8 Å². The van der Waals surface area contributed by atoms with E-state index < -0.39 is 0 Å². The van der Waals surface area contributed by atoms with Crippen molar-refractivity contribution in [2.45, 2.75) is 51.6 Å². The van der Waals surface area contributed by atoms with Gasteiger partial charge in [0.25, 0.3) is 0 Å². The lowest BCUT2D eigenvalue weighted by atomic mass is 9.93. The zero-order valence-electron chi connectivity index (χ0n) is 13.0. The summed E-state index contributed by atoms with van der Waals surface area (Å²) in [7, 11) is 0. The van der Waals surface area contributed by atoms with Gasteiger partial charge in [-0.25, -0.2) is 0 Å². The van der Waals surface area contributed by atoms with Crippen LogP contribution in [0.4, 0.5) is 5.69 Å². The first-order chi connectivity index (χ1) is 9.59. The standard InChI is InChI=1S/C17H28N2O/c1-4-18-17(3,13-20)11-12-19-14(2)9-10-15-7-5-6-8-16(15)19/h5-8,14,18,20H,4,9-13H2,1-3H3. The summed E-state index contributed by atoms with van der Waals surface area (Å²) in [5, 5.41) is 13.0. The quantitative estimate of drug-likeness (QED) is 0.838. The Labute approximate surface area is 123 Å². The van der Waals surface area contributed by atoms with E-state index in [0.717, 1.165) is 19.5 Å². The molecule has 112 valence electrons. The van der Waals surface area contributed by atoms with E-state index in [2.05, 4.69) is 55.3 Å². The zero-order valence-corrected chi connectivity index (χ0v) is 13.0. The topological polar surface area (TPSA) is 35.5 Å². The van der Waals surface area contributed by atoms with E-state index in [4.69, 9.17) is 0 Å². The summed E-state index contributed by atoms with van der Waals surface area (Å²) in [6.07, 6.45) is 3.35. The molecule has 0 saturated carbocycles. The zero-order chi connectivity index (χ0) is 14.6. The van der Waals surface area contributed by atoms with Crippen LogP contribution in [0.5, 0.6) is 0 Å². The van der Waals surface area contributed by atoms with E-state index in [1.54, 1.807) is 0 Å². The van der Waals surface area contributed by atoms with Crippen molar-refractivity contribution in [3.63, 3.8) is 0 Å². The summed E-state index contributed by atoms with van der Waals surface area (Å²) in [6.45, 7) is 8.57. The van der Waals surface area contributed by atoms with Crippen LogP contribution in [0, 0.1) is 0 Å². The maximum absolute atomic E-state index is 9.63. The van der Waals surface area contributed by atoms with E-state index >= 15 is 0 Å².